The van der Waals surface area contributed by atoms with Gasteiger partial charge in [-0.25, -0.2) is 0 Å². The third-order valence-electron chi connectivity index (χ3n) is 4.15. The Bertz CT molecular complexity index is 418. The predicted molar refractivity (Wildman–Crippen MR) is 67.4 cm³/mol. The highest BCUT2D eigenvalue weighted by atomic mass is 16.5. The lowest BCUT2D eigenvalue weighted by atomic mass is 9.74. The summed E-state index contributed by atoms with van der Waals surface area (Å²) in [5.41, 5.74) is 0.707. The van der Waals surface area contributed by atoms with Crippen LogP contribution in [0.4, 0.5) is 5.69 Å². The van der Waals surface area contributed by atoms with Crippen molar-refractivity contribution in [2.24, 2.45) is 0 Å². The molecule has 1 fully saturated rings. The van der Waals surface area contributed by atoms with Gasteiger partial charge in [0, 0.05) is 0 Å². The highest BCUT2D eigenvalue weighted by molar-refractivity contribution is 5.60. The minimum Gasteiger partial charge on any atom is -0.486 e. The Morgan fingerprint density at radius 1 is 1.41 bits per heavy atom. The Hall–Kier alpha value is -1.22. The monoisotopic (exact) mass is 233 g/mol. The fraction of sp³-hybridized carbons (Fsp3) is 0.571. The molecular formula is C14H19NO2. The SMILES string of the molecule is CC(O)[C@@]12CCCC[C@H]1Oc1ccccc1N2. The van der Waals surface area contributed by atoms with Gasteiger partial charge in [0.15, 0.2) is 0 Å². The summed E-state index contributed by atoms with van der Waals surface area (Å²) >= 11 is 0. The van der Waals surface area contributed by atoms with E-state index in [2.05, 4.69) is 5.32 Å². The van der Waals surface area contributed by atoms with Crippen molar-refractivity contribution in [1.29, 1.82) is 0 Å². The number of para-hydroxylation sites is 2. The van der Waals surface area contributed by atoms with Gasteiger partial charge in [0.05, 0.1) is 11.8 Å². The van der Waals surface area contributed by atoms with Crippen LogP contribution < -0.4 is 10.1 Å². The number of anilines is 1. The van der Waals surface area contributed by atoms with Crippen LogP contribution in [-0.4, -0.2) is 22.9 Å². The van der Waals surface area contributed by atoms with E-state index in [-0.39, 0.29) is 11.6 Å². The molecule has 2 aliphatic rings. The van der Waals surface area contributed by atoms with Gasteiger partial charge >= 0.3 is 0 Å². The molecule has 2 N–H and O–H groups in total. The molecule has 3 nitrogen and oxygen atoms in total. The van der Waals surface area contributed by atoms with Gasteiger partial charge in [0.1, 0.15) is 17.4 Å². The molecule has 1 aromatic rings. The lowest BCUT2D eigenvalue weighted by Crippen LogP contribution is -2.62. The van der Waals surface area contributed by atoms with Crippen LogP contribution in [0.5, 0.6) is 5.75 Å². The van der Waals surface area contributed by atoms with Crippen LogP contribution >= 0.6 is 0 Å². The normalized spacial score (nSPS) is 32.7. The second-order valence-corrected chi connectivity index (χ2v) is 5.19. The molecule has 3 rings (SSSR count). The summed E-state index contributed by atoms with van der Waals surface area (Å²) in [6, 6.07) is 7.99. The Morgan fingerprint density at radius 3 is 3.06 bits per heavy atom. The van der Waals surface area contributed by atoms with Crippen molar-refractivity contribution in [3.63, 3.8) is 0 Å². The van der Waals surface area contributed by atoms with E-state index >= 15 is 0 Å². The Balaban J connectivity index is 2.01. The standard InChI is InChI=1S/C14H19NO2/c1-10(16)14-9-5-4-8-13(14)17-12-7-3-2-6-11(12)15-14/h2-3,6-7,10,13,15-16H,4-5,8-9H2,1H3/t10?,13-,14+/m1/s1. The summed E-state index contributed by atoms with van der Waals surface area (Å²) in [5.74, 6) is 0.913. The fourth-order valence-corrected chi connectivity index (χ4v) is 3.13. The van der Waals surface area contributed by atoms with E-state index in [4.69, 9.17) is 4.74 Å². The van der Waals surface area contributed by atoms with E-state index in [0.29, 0.717) is 0 Å². The van der Waals surface area contributed by atoms with Crippen LogP contribution in [0.1, 0.15) is 32.6 Å². The van der Waals surface area contributed by atoms with E-state index in [1.165, 1.54) is 6.42 Å². The maximum atomic E-state index is 10.1. The molecule has 1 unspecified atom stereocenters. The number of rotatable bonds is 1. The topological polar surface area (TPSA) is 41.5 Å². The lowest BCUT2D eigenvalue weighted by molar-refractivity contribution is -0.00849. The number of ether oxygens (including phenoxy) is 1. The molecule has 3 atom stereocenters. The maximum absolute atomic E-state index is 10.1. The number of fused-ring (bicyclic) bond motifs is 2. The van der Waals surface area contributed by atoms with E-state index in [9.17, 15) is 5.11 Å². The molecule has 3 heteroatoms. The van der Waals surface area contributed by atoms with E-state index in [0.717, 1.165) is 30.7 Å². The summed E-state index contributed by atoms with van der Waals surface area (Å²) in [6.45, 7) is 1.86. The first kappa shape index (κ1) is 10.9. The fourth-order valence-electron chi connectivity index (χ4n) is 3.13. The van der Waals surface area contributed by atoms with Crippen molar-refractivity contribution in [2.45, 2.75) is 50.4 Å². The molecule has 92 valence electrons. The molecular weight excluding hydrogens is 214 g/mol. The zero-order chi connectivity index (χ0) is 11.9. The second-order valence-electron chi connectivity index (χ2n) is 5.19. The number of benzene rings is 1. The molecule has 17 heavy (non-hydrogen) atoms. The Morgan fingerprint density at radius 2 is 2.24 bits per heavy atom. The van der Waals surface area contributed by atoms with Crippen LogP contribution in [0.2, 0.25) is 0 Å². The predicted octanol–water partition coefficient (Wildman–Crippen LogP) is 2.55. The number of hydrogen-bond acceptors (Lipinski definition) is 3. The molecule has 1 heterocycles. The van der Waals surface area contributed by atoms with Crippen LogP contribution in [0.3, 0.4) is 0 Å². The third kappa shape index (κ3) is 1.61. The van der Waals surface area contributed by atoms with Gasteiger partial charge in [-0.05, 0) is 38.3 Å². The maximum Gasteiger partial charge on any atom is 0.142 e. The van der Waals surface area contributed by atoms with Gasteiger partial charge in [-0.1, -0.05) is 18.6 Å². The Labute approximate surface area is 102 Å². The number of hydrogen-bond donors (Lipinski definition) is 2. The Kier molecular flexibility index (Phi) is 2.51. The summed E-state index contributed by atoms with van der Waals surface area (Å²) in [7, 11) is 0. The highest BCUT2D eigenvalue weighted by Crippen LogP contribution is 2.43. The molecule has 1 aromatic carbocycles. The van der Waals surface area contributed by atoms with Crippen LogP contribution in [-0.2, 0) is 0 Å². The van der Waals surface area contributed by atoms with Crippen LogP contribution in [0, 0.1) is 0 Å². The second kappa shape index (κ2) is 3.91. The minimum atomic E-state index is -0.402. The molecule has 0 aromatic heterocycles. The molecule has 0 saturated heterocycles. The molecule has 0 radical (unpaired) electrons. The summed E-state index contributed by atoms with van der Waals surface area (Å²) in [4.78, 5) is 0. The summed E-state index contributed by atoms with van der Waals surface area (Å²) in [5, 5.41) is 13.7. The molecule has 1 aliphatic carbocycles. The first-order valence-corrected chi connectivity index (χ1v) is 6.44. The van der Waals surface area contributed by atoms with Gasteiger partial charge < -0.3 is 15.2 Å². The molecule has 0 amide bonds. The smallest absolute Gasteiger partial charge is 0.142 e. The van der Waals surface area contributed by atoms with Gasteiger partial charge in [-0.3, -0.25) is 0 Å². The van der Waals surface area contributed by atoms with Gasteiger partial charge in [0.2, 0.25) is 0 Å². The zero-order valence-electron chi connectivity index (χ0n) is 10.1. The number of nitrogens with one attached hydrogen (secondary N) is 1. The van der Waals surface area contributed by atoms with Crippen molar-refractivity contribution < 1.29 is 9.84 Å². The largest absolute Gasteiger partial charge is 0.486 e. The van der Waals surface area contributed by atoms with Crippen LogP contribution in [0.25, 0.3) is 0 Å². The van der Waals surface area contributed by atoms with Crippen molar-refractivity contribution in [3.05, 3.63) is 24.3 Å². The van der Waals surface area contributed by atoms with Crippen LogP contribution in [0.15, 0.2) is 24.3 Å². The van der Waals surface area contributed by atoms with E-state index < -0.39 is 6.10 Å². The molecule has 1 saturated carbocycles. The third-order valence-corrected chi connectivity index (χ3v) is 4.15. The van der Waals surface area contributed by atoms with Crippen molar-refractivity contribution in [3.8, 4) is 5.75 Å². The van der Waals surface area contributed by atoms with Gasteiger partial charge in [-0.15, -0.1) is 0 Å². The number of aliphatic hydroxyl groups is 1. The quantitative estimate of drug-likeness (QED) is 0.783. The zero-order valence-corrected chi connectivity index (χ0v) is 10.1. The average Bonchev–Trinajstić information content (AvgIpc) is 2.36. The molecule has 0 bridgehead atoms. The number of aliphatic hydroxyl groups excluding tert-OH is 1. The van der Waals surface area contributed by atoms with Crippen molar-refractivity contribution in [2.75, 3.05) is 5.32 Å². The summed E-state index contributed by atoms with van der Waals surface area (Å²) in [6.07, 6.45) is 4.02. The first-order chi connectivity index (χ1) is 8.22. The molecule has 0 spiro atoms. The first-order valence-electron chi connectivity index (χ1n) is 6.44. The average molecular weight is 233 g/mol. The summed E-state index contributed by atoms with van der Waals surface area (Å²) < 4.78 is 6.08. The van der Waals surface area contributed by atoms with E-state index in [1.54, 1.807) is 0 Å². The minimum absolute atomic E-state index is 0.0890. The van der Waals surface area contributed by atoms with Gasteiger partial charge in [-0.2, -0.15) is 0 Å². The molecule has 1 aliphatic heterocycles. The van der Waals surface area contributed by atoms with E-state index in [1.807, 2.05) is 31.2 Å². The van der Waals surface area contributed by atoms with Crippen molar-refractivity contribution >= 4 is 5.69 Å². The van der Waals surface area contributed by atoms with Gasteiger partial charge in [0.25, 0.3) is 0 Å². The van der Waals surface area contributed by atoms with Crippen molar-refractivity contribution in [1.82, 2.24) is 0 Å². The highest BCUT2D eigenvalue weighted by Gasteiger charge is 2.48. The lowest BCUT2D eigenvalue weighted by Gasteiger charge is -2.50.